The Morgan fingerprint density at radius 2 is 1.96 bits per heavy atom. The molecule has 1 saturated heterocycles. The lowest BCUT2D eigenvalue weighted by Crippen LogP contribution is -2.24. The van der Waals surface area contributed by atoms with E-state index in [4.69, 9.17) is 11.6 Å². The smallest absolute Gasteiger partial charge is 0.258 e. The van der Waals surface area contributed by atoms with Gasteiger partial charge < -0.3 is 10.2 Å². The van der Waals surface area contributed by atoms with E-state index in [1.54, 1.807) is 17.0 Å². The lowest BCUT2D eigenvalue weighted by atomic mass is 10.2. The molecule has 0 radical (unpaired) electrons. The number of anilines is 2. The number of rotatable bonds is 3. The molecule has 2 amide bonds. The molecule has 0 spiro atoms. The molecule has 0 unspecified atom stereocenters. The molecule has 0 aromatic heterocycles. The van der Waals surface area contributed by atoms with Crippen LogP contribution < -0.4 is 10.2 Å². The Hall–Kier alpha value is -2.47. The van der Waals surface area contributed by atoms with Crippen LogP contribution in [-0.4, -0.2) is 18.4 Å². The molecule has 0 aliphatic carbocycles. The van der Waals surface area contributed by atoms with E-state index in [0.717, 1.165) is 24.6 Å². The first-order valence-electron chi connectivity index (χ1n) is 7.32. The molecule has 2 aromatic rings. The van der Waals surface area contributed by atoms with E-state index in [1.165, 1.54) is 6.07 Å². The first-order valence-corrected chi connectivity index (χ1v) is 7.70. The third-order valence-corrected chi connectivity index (χ3v) is 4.05. The van der Waals surface area contributed by atoms with Gasteiger partial charge in [0.2, 0.25) is 5.91 Å². The number of carbonyl (C=O) groups is 2. The van der Waals surface area contributed by atoms with Crippen LogP contribution in [-0.2, 0) is 4.79 Å². The number of nitrogens with one attached hydrogen (secondary N) is 1. The Kier molecular flexibility index (Phi) is 4.49. The summed E-state index contributed by atoms with van der Waals surface area (Å²) in [7, 11) is 0. The van der Waals surface area contributed by atoms with Gasteiger partial charge in [-0.1, -0.05) is 11.6 Å². The van der Waals surface area contributed by atoms with Crippen LogP contribution >= 0.6 is 11.6 Å². The normalized spacial score (nSPS) is 14.1. The highest BCUT2D eigenvalue weighted by Crippen LogP contribution is 2.31. The van der Waals surface area contributed by atoms with E-state index >= 15 is 0 Å². The number of amides is 2. The lowest BCUT2D eigenvalue weighted by molar-refractivity contribution is -0.117. The maximum Gasteiger partial charge on any atom is 0.258 e. The number of hydrogen-bond donors (Lipinski definition) is 1. The van der Waals surface area contributed by atoms with Crippen molar-refractivity contribution in [1.29, 1.82) is 0 Å². The van der Waals surface area contributed by atoms with Crippen molar-refractivity contribution in [3.05, 3.63) is 58.6 Å². The average Bonchev–Trinajstić information content (AvgIpc) is 2.96. The Morgan fingerprint density at radius 3 is 2.62 bits per heavy atom. The predicted octanol–water partition coefficient (Wildman–Crippen LogP) is 4.00. The fraction of sp³-hybridized carbons (Fsp3) is 0.176. The molecule has 1 N–H and O–H groups in total. The zero-order chi connectivity index (χ0) is 17.3. The third-order valence-electron chi connectivity index (χ3n) is 3.74. The first kappa shape index (κ1) is 16.4. The van der Waals surface area contributed by atoms with Gasteiger partial charge in [0.1, 0.15) is 11.6 Å². The topological polar surface area (TPSA) is 49.4 Å². The molecule has 24 heavy (non-hydrogen) atoms. The zero-order valence-corrected chi connectivity index (χ0v) is 13.2. The molecule has 1 heterocycles. The van der Waals surface area contributed by atoms with E-state index < -0.39 is 23.1 Å². The summed E-state index contributed by atoms with van der Waals surface area (Å²) in [5.41, 5.74) is 0.489. The van der Waals surface area contributed by atoms with Crippen LogP contribution in [0, 0.1) is 11.6 Å². The second kappa shape index (κ2) is 6.57. The molecule has 1 fully saturated rings. The zero-order valence-electron chi connectivity index (χ0n) is 12.5. The van der Waals surface area contributed by atoms with Crippen molar-refractivity contribution in [2.45, 2.75) is 12.8 Å². The summed E-state index contributed by atoms with van der Waals surface area (Å²) in [4.78, 5) is 25.4. The van der Waals surface area contributed by atoms with Crippen molar-refractivity contribution in [2.75, 3.05) is 16.8 Å². The Bertz CT molecular complexity index is 826. The number of benzene rings is 2. The monoisotopic (exact) mass is 350 g/mol. The van der Waals surface area contributed by atoms with Crippen molar-refractivity contribution >= 4 is 34.8 Å². The van der Waals surface area contributed by atoms with E-state index in [9.17, 15) is 18.4 Å². The molecule has 0 atom stereocenters. The summed E-state index contributed by atoms with van der Waals surface area (Å²) in [6.45, 7) is 0.596. The van der Waals surface area contributed by atoms with Gasteiger partial charge in [-0.2, -0.15) is 0 Å². The van der Waals surface area contributed by atoms with Crippen molar-refractivity contribution < 1.29 is 18.4 Å². The summed E-state index contributed by atoms with van der Waals surface area (Å²) in [5, 5.41) is 2.76. The van der Waals surface area contributed by atoms with Crippen LogP contribution in [0.4, 0.5) is 20.2 Å². The molecule has 1 aliphatic heterocycles. The molecule has 4 nitrogen and oxygen atoms in total. The second-order valence-corrected chi connectivity index (χ2v) is 5.80. The minimum atomic E-state index is -0.820. The molecular weight excluding hydrogens is 338 g/mol. The van der Waals surface area contributed by atoms with Crippen molar-refractivity contribution in [2.24, 2.45) is 0 Å². The minimum absolute atomic E-state index is 0.00415. The Labute approximate surface area is 142 Å². The molecule has 124 valence electrons. The fourth-order valence-electron chi connectivity index (χ4n) is 2.58. The van der Waals surface area contributed by atoms with Crippen LogP contribution in [0.25, 0.3) is 0 Å². The maximum absolute atomic E-state index is 13.6. The van der Waals surface area contributed by atoms with Crippen LogP contribution in [0.15, 0.2) is 36.4 Å². The average molecular weight is 351 g/mol. The van der Waals surface area contributed by atoms with Gasteiger partial charge in [-0.05, 0) is 42.8 Å². The fourth-order valence-corrected chi connectivity index (χ4v) is 2.86. The number of hydrogen-bond acceptors (Lipinski definition) is 2. The van der Waals surface area contributed by atoms with Crippen LogP contribution in [0.5, 0.6) is 0 Å². The highest BCUT2D eigenvalue weighted by Gasteiger charge is 2.23. The number of halogens is 3. The largest absolute Gasteiger partial charge is 0.322 e. The van der Waals surface area contributed by atoms with Crippen molar-refractivity contribution in [3.8, 4) is 0 Å². The van der Waals surface area contributed by atoms with Crippen molar-refractivity contribution in [3.63, 3.8) is 0 Å². The van der Waals surface area contributed by atoms with Crippen molar-refractivity contribution in [1.82, 2.24) is 0 Å². The Morgan fingerprint density at radius 1 is 1.17 bits per heavy atom. The highest BCUT2D eigenvalue weighted by atomic mass is 35.5. The van der Waals surface area contributed by atoms with E-state index in [0.29, 0.717) is 29.4 Å². The van der Waals surface area contributed by atoms with E-state index in [-0.39, 0.29) is 5.91 Å². The first-order chi connectivity index (χ1) is 11.5. The highest BCUT2D eigenvalue weighted by molar-refractivity contribution is 6.34. The van der Waals surface area contributed by atoms with E-state index in [1.807, 2.05) is 0 Å². The summed E-state index contributed by atoms with van der Waals surface area (Å²) >= 11 is 6.18. The summed E-state index contributed by atoms with van der Waals surface area (Å²) < 4.78 is 26.8. The maximum atomic E-state index is 13.6. The van der Waals surface area contributed by atoms with Gasteiger partial charge in [-0.25, -0.2) is 8.78 Å². The number of nitrogens with zero attached hydrogens (tertiary/aromatic N) is 1. The van der Waals surface area contributed by atoms with Gasteiger partial charge in [-0.15, -0.1) is 0 Å². The summed E-state index contributed by atoms with van der Waals surface area (Å²) in [6.07, 6.45) is 1.25. The van der Waals surface area contributed by atoms with Gasteiger partial charge in [-0.3, -0.25) is 9.59 Å². The Balaban J connectivity index is 1.81. The van der Waals surface area contributed by atoms with Crippen LogP contribution in [0.3, 0.4) is 0 Å². The lowest BCUT2D eigenvalue weighted by Gasteiger charge is -2.18. The van der Waals surface area contributed by atoms with Gasteiger partial charge in [0.05, 0.1) is 16.3 Å². The minimum Gasteiger partial charge on any atom is -0.322 e. The van der Waals surface area contributed by atoms with Gasteiger partial charge in [0.15, 0.2) is 0 Å². The van der Waals surface area contributed by atoms with E-state index in [2.05, 4.69) is 5.32 Å². The molecule has 0 saturated carbocycles. The van der Waals surface area contributed by atoms with Crippen LogP contribution in [0.2, 0.25) is 5.02 Å². The van der Waals surface area contributed by atoms with Crippen LogP contribution in [0.1, 0.15) is 23.2 Å². The molecular formula is C17H13ClF2N2O2. The SMILES string of the molecule is O=C(Nc1ccc(N2CCCC2=O)c(Cl)c1)c1cc(F)ccc1F. The quantitative estimate of drug-likeness (QED) is 0.909. The molecule has 3 rings (SSSR count). The third kappa shape index (κ3) is 3.23. The summed E-state index contributed by atoms with van der Waals surface area (Å²) in [5.74, 6) is -2.31. The predicted molar refractivity (Wildman–Crippen MR) is 87.4 cm³/mol. The molecule has 7 heteroatoms. The molecule has 2 aromatic carbocycles. The molecule has 1 aliphatic rings. The van der Waals surface area contributed by atoms with Gasteiger partial charge in [0.25, 0.3) is 5.91 Å². The van der Waals surface area contributed by atoms with Gasteiger partial charge in [0, 0.05) is 18.7 Å². The number of carbonyl (C=O) groups excluding carboxylic acids is 2. The standard InChI is InChI=1S/C17H13ClF2N2O2/c18-13-9-11(4-6-15(13)22-7-1-2-16(22)23)21-17(24)12-8-10(19)3-5-14(12)20/h3-6,8-9H,1-2,7H2,(H,21,24). The van der Waals surface area contributed by atoms with Gasteiger partial charge >= 0.3 is 0 Å². The molecule has 0 bridgehead atoms. The summed E-state index contributed by atoms with van der Waals surface area (Å²) in [6, 6.07) is 7.29. The second-order valence-electron chi connectivity index (χ2n) is 5.39.